The van der Waals surface area contributed by atoms with Gasteiger partial charge in [-0.1, -0.05) is 42.5 Å². The fourth-order valence-corrected chi connectivity index (χ4v) is 3.41. The zero-order chi connectivity index (χ0) is 19.6. The van der Waals surface area contributed by atoms with E-state index in [1.807, 2.05) is 36.4 Å². The van der Waals surface area contributed by atoms with E-state index in [0.29, 0.717) is 30.8 Å². The topological polar surface area (TPSA) is 82.4 Å². The summed E-state index contributed by atoms with van der Waals surface area (Å²) in [4.78, 5) is 27.2. The van der Waals surface area contributed by atoms with E-state index in [1.54, 1.807) is 18.2 Å². The first kappa shape index (κ1) is 18.1. The van der Waals surface area contributed by atoms with E-state index in [2.05, 4.69) is 11.4 Å². The number of nitrogens with zero attached hydrogens (tertiary/aromatic N) is 2. The Morgan fingerprint density at radius 3 is 2.57 bits per heavy atom. The summed E-state index contributed by atoms with van der Waals surface area (Å²) in [6.07, 6.45) is 1.05. The smallest absolute Gasteiger partial charge is 0.262 e. The van der Waals surface area contributed by atoms with Gasteiger partial charge in [0.1, 0.15) is 11.2 Å². The average molecular weight is 375 g/mol. The molecule has 0 spiro atoms. The van der Waals surface area contributed by atoms with Crippen LogP contribution in [0.25, 0.3) is 0 Å². The second-order valence-corrected chi connectivity index (χ2v) is 7.21. The third-order valence-corrected chi connectivity index (χ3v) is 5.24. The van der Waals surface area contributed by atoms with Crippen molar-refractivity contribution in [3.05, 3.63) is 60.2 Å². The fourth-order valence-electron chi connectivity index (χ4n) is 3.41. The molecule has 0 saturated heterocycles. The first-order valence-electron chi connectivity index (χ1n) is 9.43. The number of anilines is 1. The van der Waals surface area contributed by atoms with Crippen LogP contribution in [-0.4, -0.2) is 31.0 Å². The van der Waals surface area contributed by atoms with E-state index >= 15 is 0 Å². The van der Waals surface area contributed by atoms with Crippen molar-refractivity contribution in [2.75, 3.05) is 18.0 Å². The van der Waals surface area contributed by atoms with Gasteiger partial charge < -0.3 is 15.0 Å². The van der Waals surface area contributed by atoms with Crippen LogP contribution in [0.1, 0.15) is 18.4 Å². The summed E-state index contributed by atoms with van der Waals surface area (Å²) in [5.74, 6) is -0.0167. The van der Waals surface area contributed by atoms with Gasteiger partial charge in [0.15, 0.2) is 6.10 Å². The van der Waals surface area contributed by atoms with E-state index in [0.717, 1.165) is 12.0 Å². The minimum Gasteiger partial charge on any atom is -0.477 e. The lowest BCUT2D eigenvalue weighted by Gasteiger charge is -2.35. The molecule has 1 saturated carbocycles. The van der Waals surface area contributed by atoms with Crippen molar-refractivity contribution in [3.63, 3.8) is 0 Å². The molecule has 0 aromatic heterocycles. The molecule has 2 aromatic carbocycles. The first-order valence-corrected chi connectivity index (χ1v) is 9.43. The second-order valence-electron chi connectivity index (χ2n) is 7.21. The van der Waals surface area contributed by atoms with Crippen LogP contribution in [0.5, 0.6) is 5.75 Å². The number of carbonyl (C=O) groups excluding carboxylic acids is 2. The Hall–Kier alpha value is -3.33. The van der Waals surface area contributed by atoms with Crippen LogP contribution in [0.2, 0.25) is 0 Å². The highest BCUT2D eigenvalue weighted by atomic mass is 16.5. The summed E-state index contributed by atoms with van der Waals surface area (Å²) in [5.41, 5.74) is 0.806. The largest absolute Gasteiger partial charge is 0.477 e. The van der Waals surface area contributed by atoms with Crippen LogP contribution >= 0.6 is 0 Å². The lowest BCUT2D eigenvalue weighted by Crippen LogP contribution is -2.52. The van der Waals surface area contributed by atoms with Crippen molar-refractivity contribution in [1.29, 1.82) is 5.26 Å². The quantitative estimate of drug-likeness (QED) is 0.870. The number of hydrogen-bond acceptors (Lipinski definition) is 4. The minimum atomic E-state index is -0.946. The van der Waals surface area contributed by atoms with Gasteiger partial charge in [0.05, 0.1) is 18.3 Å². The van der Waals surface area contributed by atoms with E-state index < -0.39 is 11.5 Å². The molecule has 1 heterocycles. The lowest BCUT2D eigenvalue weighted by atomic mass is 10.0. The van der Waals surface area contributed by atoms with Gasteiger partial charge in [0, 0.05) is 6.54 Å². The molecule has 0 bridgehead atoms. The number of nitriles is 1. The molecule has 6 heteroatoms. The van der Waals surface area contributed by atoms with E-state index in [9.17, 15) is 14.9 Å². The Morgan fingerprint density at radius 2 is 1.86 bits per heavy atom. The number of rotatable bonds is 5. The van der Waals surface area contributed by atoms with Crippen LogP contribution in [0.4, 0.5) is 5.69 Å². The highest BCUT2D eigenvalue weighted by molar-refractivity contribution is 6.03. The third-order valence-electron chi connectivity index (χ3n) is 5.24. The zero-order valence-electron chi connectivity index (χ0n) is 15.4. The molecule has 1 aliphatic carbocycles. The Labute approximate surface area is 163 Å². The van der Waals surface area contributed by atoms with E-state index in [4.69, 9.17) is 4.74 Å². The molecule has 142 valence electrons. The number of amides is 2. The van der Waals surface area contributed by atoms with Crippen molar-refractivity contribution in [3.8, 4) is 11.8 Å². The first-order chi connectivity index (χ1) is 13.6. The van der Waals surface area contributed by atoms with Gasteiger partial charge in [-0.15, -0.1) is 0 Å². The summed E-state index contributed by atoms with van der Waals surface area (Å²) >= 11 is 0. The molecule has 1 fully saturated rings. The fraction of sp³-hybridized carbons (Fsp3) is 0.318. The number of benzene rings is 2. The monoisotopic (exact) mass is 375 g/mol. The molecule has 4 rings (SSSR count). The highest BCUT2D eigenvalue weighted by Gasteiger charge is 2.54. The molecule has 2 amide bonds. The van der Waals surface area contributed by atoms with E-state index in [1.165, 1.54) is 4.90 Å². The molecule has 1 aliphatic heterocycles. The van der Waals surface area contributed by atoms with Gasteiger partial charge in [-0.05, 0) is 37.0 Å². The maximum Gasteiger partial charge on any atom is 0.262 e. The molecule has 0 radical (unpaired) electrons. The van der Waals surface area contributed by atoms with Crippen molar-refractivity contribution in [2.24, 2.45) is 5.41 Å². The van der Waals surface area contributed by atoms with Crippen LogP contribution in [0.15, 0.2) is 54.6 Å². The maximum atomic E-state index is 13.0. The molecule has 1 N–H and O–H groups in total. The van der Waals surface area contributed by atoms with E-state index in [-0.39, 0.29) is 18.4 Å². The Morgan fingerprint density at radius 1 is 1.14 bits per heavy atom. The van der Waals surface area contributed by atoms with Crippen molar-refractivity contribution in [1.82, 2.24) is 5.32 Å². The van der Waals surface area contributed by atoms with Gasteiger partial charge in [-0.25, -0.2) is 0 Å². The molecule has 1 unspecified atom stereocenters. The molecule has 2 aliphatic rings. The summed E-state index contributed by atoms with van der Waals surface area (Å²) in [7, 11) is 0. The van der Waals surface area contributed by atoms with Gasteiger partial charge in [0.2, 0.25) is 5.91 Å². The highest BCUT2D eigenvalue weighted by Crippen LogP contribution is 2.48. The molecular formula is C22H21N3O3. The van der Waals surface area contributed by atoms with Crippen LogP contribution in [0, 0.1) is 16.7 Å². The maximum absolute atomic E-state index is 13.0. The Balaban J connectivity index is 1.46. The summed E-state index contributed by atoms with van der Waals surface area (Å²) in [5, 5.41) is 12.3. The third kappa shape index (κ3) is 3.44. The zero-order valence-corrected chi connectivity index (χ0v) is 15.4. The minimum absolute atomic E-state index is 0.108. The molecule has 1 atom stereocenters. The number of carbonyl (C=O) groups is 2. The van der Waals surface area contributed by atoms with Gasteiger partial charge in [-0.3, -0.25) is 9.59 Å². The number of ether oxygens (including phenoxy) is 1. The predicted molar refractivity (Wildman–Crippen MR) is 104 cm³/mol. The van der Waals surface area contributed by atoms with Crippen molar-refractivity contribution < 1.29 is 14.3 Å². The number of hydrogen-bond donors (Lipinski definition) is 1. The molecule has 6 nitrogen and oxygen atoms in total. The van der Waals surface area contributed by atoms with Crippen LogP contribution in [0.3, 0.4) is 0 Å². The summed E-state index contributed by atoms with van der Waals surface area (Å²) < 4.78 is 5.85. The number of nitrogens with one attached hydrogen (secondary N) is 1. The average Bonchev–Trinajstić information content (AvgIpc) is 3.54. The van der Waals surface area contributed by atoms with Crippen molar-refractivity contribution in [2.45, 2.75) is 25.4 Å². The normalized spacial score (nSPS) is 19.0. The number of para-hydroxylation sites is 2. The van der Waals surface area contributed by atoms with Gasteiger partial charge in [0.25, 0.3) is 5.91 Å². The summed E-state index contributed by atoms with van der Waals surface area (Å²) in [6, 6.07) is 19.2. The summed E-state index contributed by atoms with van der Waals surface area (Å²) in [6.45, 7) is 0.594. The lowest BCUT2D eigenvalue weighted by molar-refractivity contribution is -0.128. The predicted octanol–water partition coefficient (Wildman–Crippen LogP) is 2.44. The standard InChI is InChI=1S/C22H21N3O3/c23-15-22(11-12-22)21(27)25-14-19(28-18-9-5-4-8-17(18)25)20(26)24-13-10-16-6-2-1-3-7-16/h1-9,19H,10-14H2,(H,24,26). The second kappa shape index (κ2) is 7.35. The molecule has 2 aromatic rings. The Bertz CT molecular complexity index is 932. The van der Waals surface area contributed by atoms with Crippen molar-refractivity contribution >= 4 is 17.5 Å². The SMILES string of the molecule is N#CC1(C(=O)N2CC(C(=O)NCCc3ccccc3)Oc3ccccc32)CC1. The van der Waals surface area contributed by atoms with Crippen LogP contribution < -0.4 is 15.0 Å². The van der Waals surface area contributed by atoms with Gasteiger partial charge in [-0.2, -0.15) is 5.26 Å². The molecule has 28 heavy (non-hydrogen) atoms. The van der Waals surface area contributed by atoms with Gasteiger partial charge >= 0.3 is 0 Å². The Kier molecular flexibility index (Phi) is 4.74. The number of fused-ring (bicyclic) bond motifs is 1. The molecular weight excluding hydrogens is 354 g/mol. The van der Waals surface area contributed by atoms with Crippen LogP contribution in [-0.2, 0) is 16.0 Å².